The van der Waals surface area contributed by atoms with Crippen LogP contribution in [0.1, 0.15) is 27.2 Å². The van der Waals surface area contributed by atoms with E-state index in [9.17, 15) is 9.18 Å². The van der Waals surface area contributed by atoms with Crippen molar-refractivity contribution in [2.45, 2.75) is 13.3 Å². The Morgan fingerprint density at radius 1 is 1.50 bits per heavy atom. The summed E-state index contributed by atoms with van der Waals surface area (Å²) in [6.45, 7) is 1.51. The molecule has 0 saturated heterocycles. The molecular formula is C12H10FNOS. The average Bonchev–Trinajstić information content (AvgIpc) is 2.66. The van der Waals surface area contributed by atoms with Gasteiger partial charge in [0.2, 0.25) is 0 Å². The molecule has 0 amide bonds. The summed E-state index contributed by atoms with van der Waals surface area (Å²) in [6.07, 6.45) is 2.14. The van der Waals surface area contributed by atoms with Crippen molar-refractivity contribution in [1.82, 2.24) is 4.98 Å². The zero-order chi connectivity index (χ0) is 11.5. The Morgan fingerprint density at radius 2 is 2.31 bits per heavy atom. The molecule has 16 heavy (non-hydrogen) atoms. The fraction of sp³-hybridized carbons (Fsp3) is 0.167. The highest BCUT2D eigenvalue weighted by Gasteiger charge is 2.06. The highest BCUT2D eigenvalue weighted by molar-refractivity contribution is 7.13. The van der Waals surface area contributed by atoms with Gasteiger partial charge in [-0.3, -0.25) is 4.79 Å². The van der Waals surface area contributed by atoms with E-state index in [1.807, 2.05) is 6.07 Å². The van der Waals surface area contributed by atoms with Crippen molar-refractivity contribution in [2.24, 2.45) is 0 Å². The predicted octanol–water partition coefficient (Wildman–Crippen LogP) is 3.08. The summed E-state index contributed by atoms with van der Waals surface area (Å²) >= 11 is 1.36. The van der Waals surface area contributed by atoms with Crippen molar-refractivity contribution in [3.05, 3.63) is 51.7 Å². The molecule has 0 aliphatic carbocycles. The fourth-order valence-electron chi connectivity index (χ4n) is 1.38. The van der Waals surface area contributed by atoms with Crippen molar-refractivity contribution in [3.8, 4) is 0 Å². The van der Waals surface area contributed by atoms with E-state index >= 15 is 0 Å². The van der Waals surface area contributed by atoms with Crippen molar-refractivity contribution in [3.63, 3.8) is 0 Å². The first-order valence-corrected chi connectivity index (χ1v) is 5.67. The number of benzene rings is 1. The number of aromatic nitrogens is 1. The number of halogens is 1. The van der Waals surface area contributed by atoms with E-state index in [-0.39, 0.29) is 11.6 Å². The summed E-state index contributed by atoms with van der Waals surface area (Å²) in [6, 6.07) is 6.41. The van der Waals surface area contributed by atoms with Gasteiger partial charge in [-0.05, 0) is 17.7 Å². The Kier molecular flexibility index (Phi) is 3.10. The Labute approximate surface area is 96.8 Å². The SMILES string of the molecule is CC(=O)c1cnc(Cc2cccc(F)c2)s1. The van der Waals surface area contributed by atoms with Gasteiger partial charge < -0.3 is 0 Å². The first-order chi connectivity index (χ1) is 7.65. The van der Waals surface area contributed by atoms with Gasteiger partial charge in [0.25, 0.3) is 0 Å². The van der Waals surface area contributed by atoms with E-state index in [0.29, 0.717) is 11.3 Å². The minimum Gasteiger partial charge on any atom is -0.294 e. The molecule has 2 rings (SSSR count). The molecule has 1 heterocycles. The van der Waals surface area contributed by atoms with Gasteiger partial charge in [-0.1, -0.05) is 12.1 Å². The summed E-state index contributed by atoms with van der Waals surface area (Å²) in [5.41, 5.74) is 0.865. The number of Topliss-reactive ketones (excluding diaryl/α,β-unsaturated/α-hetero) is 1. The smallest absolute Gasteiger partial charge is 0.171 e. The molecule has 0 unspecified atom stereocenters. The Bertz CT molecular complexity index is 521. The standard InChI is InChI=1S/C12H10FNOS/c1-8(15)11-7-14-12(16-11)6-9-3-2-4-10(13)5-9/h2-5,7H,6H2,1H3. The highest BCUT2D eigenvalue weighted by Crippen LogP contribution is 2.17. The molecule has 0 saturated carbocycles. The molecule has 2 nitrogen and oxygen atoms in total. The quantitative estimate of drug-likeness (QED) is 0.765. The van der Waals surface area contributed by atoms with Gasteiger partial charge in [0.1, 0.15) is 5.82 Å². The van der Waals surface area contributed by atoms with Gasteiger partial charge in [-0.25, -0.2) is 9.37 Å². The number of thiazole rings is 1. The van der Waals surface area contributed by atoms with Gasteiger partial charge in [-0.2, -0.15) is 0 Å². The number of rotatable bonds is 3. The number of hydrogen-bond donors (Lipinski definition) is 0. The van der Waals surface area contributed by atoms with Gasteiger partial charge >= 0.3 is 0 Å². The van der Waals surface area contributed by atoms with Crippen LogP contribution < -0.4 is 0 Å². The molecule has 0 aliphatic heterocycles. The van der Waals surface area contributed by atoms with Crippen LogP contribution in [0, 0.1) is 5.82 Å². The van der Waals surface area contributed by atoms with Gasteiger partial charge in [-0.15, -0.1) is 11.3 Å². The number of hydrogen-bond acceptors (Lipinski definition) is 3. The molecule has 0 bridgehead atoms. The third-order valence-corrected chi connectivity index (χ3v) is 3.24. The van der Waals surface area contributed by atoms with E-state index in [1.54, 1.807) is 12.3 Å². The topological polar surface area (TPSA) is 30.0 Å². The van der Waals surface area contributed by atoms with E-state index in [1.165, 1.54) is 30.4 Å². The first kappa shape index (κ1) is 11.0. The van der Waals surface area contributed by atoms with Crippen LogP contribution in [0.4, 0.5) is 4.39 Å². The summed E-state index contributed by atoms with van der Waals surface area (Å²) in [5.74, 6) is -0.233. The number of carbonyl (C=O) groups excluding carboxylic acids is 1. The summed E-state index contributed by atoms with van der Waals surface area (Å²) in [4.78, 5) is 15.9. The molecular weight excluding hydrogens is 225 g/mol. The monoisotopic (exact) mass is 235 g/mol. The van der Waals surface area contributed by atoms with Crippen LogP contribution in [0.5, 0.6) is 0 Å². The van der Waals surface area contributed by atoms with Crippen LogP contribution in [-0.2, 0) is 6.42 Å². The maximum absolute atomic E-state index is 12.9. The van der Waals surface area contributed by atoms with E-state index in [2.05, 4.69) is 4.98 Å². The second-order valence-corrected chi connectivity index (χ2v) is 4.60. The van der Waals surface area contributed by atoms with Crippen molar-refractivity contribution >= 4 is 17.1 Å². The summed E-state index contributed by atoms with van der Waals surface area (Å²) in [5, 5.41) is 0.829. The lowest BCUT2D eigenvalue weighted by molar-refractivity contribution is 0.102. The number of nitrogens with zero attached hydrogens (tertiary/aromatic N) is 1. The molecule has 1 aromatic carbocycles. The predicted molar refractivity (Wildman–Crippen MR) is 61.3 cm³/mol. The Balaban J connectivity index is 2.17. The third-order valence-electron chi connectivity index (χ3n) is 2.14. The molecule has 2 aromatic rings. The molecule has 1 aromatic heterocycles. The van der Waals surface area contributed by atoms with Gasteiger partial charge in [0, 0.05) is 19.5 Å². The van der Waals surface area contributed by atoms with Crippen LogP contribution in [-0.4, -0.2) is 10.8 Å². The first-order valence-electron chi connectivity index (χ1n) is 4.85. The lowest BCUT2D eigenvalue weighted by Gasteiger charge is -1.97. The zero-order valence-corrected chi connectivity index (χ0v) is 9.55. The van der Waals surface area contributed by atoms with Crippen molar-refractivity contribution in [2.75, 3.05) is 0 Å². The van der Waals surface area contributed by atoms with Crippen LogP contribution in [0.25, 0.3) is 0 Å². The van der Waals surface area contributed by atoms with Gasteiger partial charge in [0.05, 0.1) is 9.88 Å². The van der Waals surface area contributed by atoms with Crippen molar-refractivity contribution < 1.29 is 9.18 Å². The molecule has 0 radical (unpaired) electrons. The lowest BCUT2D eigenvalue weighted by Crippen LogP contribution is -1.87. The second kappa shape index (κ2) is 4.53. The molecule has 0 atom stereocenters. The zero-order valence-electron chi connectivity index (χ0n) is 8.74. The molecule has 0 spiro atoms. The maximum atomic E-state index is 12.9. The average molecular weight is 235 g/mol. The van der Waals surface area contributed by atoms with Crippen LogP contribution in [0.2, 0.25) is 0 Å². The molecule has 82 valence electrons. The largest absolute Gasteiger partial charge is 0.294 e. The van der Waals surface area contributed by atoms with Crippen LogP contribution in [0.3, 0.4) is 0 Å². The second-order valence-electron chi connectivity index (χ2n) is 3.48. The third kappa shape index (κ3) is 2.52. The molecule has 0 fully saturated rings. The normalized spacial score (nSPS) is 10.4. The van der Waals surface area contributed by atoms with E-state index < -0.39 is 0 Å². The molecule has 0 N–H and O–H groups in total. The van der Waals surface area contributed by atoms with E-state index in [0.717, 1.165) is 10.6 Å². The van der Waals surface area contributed by atoms with E-state index in [4.69, 9.17) is 0 Å². The highest BCUT2D eigenvalue weighted by atomic mass is 32.1. The lowest BCUT2D eigenvalue weighted by atomic mass is 10.1. The van der Waals surface area contributed by atoms with Crippen LogP contribution in [0.15, 0.2) is 30.5 Å². The van der Waals surface area contributed by atoms with Gasteiger partial charge in [0.15, 0.2) is 5.78 Å². The summed E-state index contributed by atoms with van der Waals surface area (Å²) in [7, 11) is 0. The number of ketones is 1. The minimum atomic E-state index is -0.249. The van der Waals surface area contributed by atoms with Crippen LogP contribution >= 0.6 is 11.3 Å². The Hall–Kier alpha value is -1.55. The molecule has 4 heteroatoms. The number of carbonyl (C=O) groups is 1. The van der Waals surface area contributed by atoms with Crippen molar-refractivity contribution in [1.29, 1.82) is 0 Å². The minimum absolute atomic E-state index is 0.0167. The Morgan fingerprint density at radius 3 is 2.94 bits per heavy atom. The fourth-order valence-corrected chi connectivity index (χ4v) is 2.22. The summed E-state index contributed by atoms with van der Waals surface area (Å²) < 4.78 is 12.9. The molecule has 0 aliphatic rings. The maximum Gasteiger partial charge on any atom is 0.171 e.